The molecule has 1 saturated heterocycles. The summed E-state index contributed by atoms with van der Waals surface area (Å²) in [6.45, 7) is 3.44. The molecular formula is C13H17F3N2. The van der Waals surface area contributed by atoms with Gasteiger partial charge in [-0.1, -0.05) is 13.0 Å². The van der Waals surface area contributed by atoms with Gasteiger partial charge in [0.05, 0.1) is 5.56 Å². The second kappa shape index (κ2) is 4.80. The minimum Gasteiger partial charge on any atom is -0.370 e. The van der Waals surface area contributed by atoms with Crippen LogP contribution in [0, 0.1) is 5.92 Å². The smallest absolute Gasteiger partial charge is 0.370 e. The average Bonchev–Trinajstić information content (AvgIpc) is 2.27. The topological polar surface area (TPSA) is 29.3 Å². The first kappa shape index (κ1) is 13.2. The molecule has 0 amide bonds. The summed E-state index contributed by atoms with van der Waals surface area (Å²) in [7, 11) is 0. The van der Waals surface area contributed by atoms with Crippen molar-refractivity contribution >= 4 is 5.69 Å². The molecule has 2 N–H and O–H groups in total. The molecule has 2 unspecified atom stereocenters. The third kappa shape index (κ3) is 2.96. The fraction of sp³-hybridized carbons (Fsp3) is 0.538. The number of anilines is 1. The molecule has 1 aliphatic rings. The fourth-order valence-corrected chi connectivity index (χ4v) is 2.49. The maximum Gasteiger partial charge on any atom is 0.416 e. The van der Waals surface area contributed by atoms with Gasteiger partial charge in [0.25, 0.3) is 0 Å². The highest BCUT2D eigenvalue weighted by Gasteiger charge is 2.31. The summed E-state index contributed by atoms with van der Waals surface area (Å²) in [4.78, 5) is 1.94. The van der Waals surface area contributed by atoms with Crippen LogP contribution in [0.1, 0.15) is 18.9 Å². The number of rotatable bonds is 1. The van der Waals surface area contributed by atoms with Gasteiger partial charge in [-0.25, -0.2) is 0 Å². The van der Waals surface area contributed by atoms with Gasteiger partial charge in [-0.2, -0.15) is 13.2 Å². The van der Waals surface area contributed by atoms with Crippen LogP contribution in [-0.4, -0.2) is 19.1 Å². The van der Waals surface area contributed by atoms with Crippen molar-refractivity contribution in [2.24, 2.45) is 11.7 Å². The van der Waals surface area contributed by atoms with E-state index in [2.05, 4.69) is 6.92 Å². The van der Waals surface area contributed by atoms with Crippen LogP contribution < -0.4 is 10.6 Å². The Morgan fingerprint density at radius 2 is 2.00 bits per heavy atom. The number of hydrogen-bond acceptors (Lipinski definition) is 2. The first-order chi connectivity index (χ1) is 8.36. The lowest BCUT2D eigenvalue weighted by Crippen LogP contribution is -2.46. The fourth-order valence-electron chi connectivity index (χ4n) is 2.49. The number of nitrogens with zero attached hydrogens (tertiary/aromatic N) is 1. The zero-order chi connectivity index (χ0) is 13.3. The third-order valence-corrected chi connectivity index (χ3v) is 3.23. The lowest BCUT2D eigenvalue weighted by Gasteiger charge is -2.36. The van der Waals surface area contributed by atoms with Crippen LogP contribution in [0.25, 0.3) is 0 Å². The molecular weight excluding hydrogens is 241 g/mol. The maximum absolute atomic E-state index is 12.6. The first-order valence-electron chi connectivity index (χ1n) is 6.04. The molecule has 1 fully saturated rings. The molecule has 0 radical (unpaired) electrons. The SMILES string of the molecule is CC1CC(N)CN(c2cccc(C(F)(F)F)c2)C1. The molecule has 1 aliphatic heterocycles. The van der Waals surface area contributed by atoms with E-state index in [0.717, 1.165) is 19.0 Å². The minimum atomic E-state index is -4.29. The van der Waals surface area contributed by atoms with Crippen molar-refractivity contribution in [2.75, 3.05) is 18.0 Å². The van der Waals surface area contributed by atoms with Crippen LogP contribution in [0.15, 0.2) is 24.3 Å². The van der Waals surface area contributed by atoms with Crippen LogP contribution in [-0.2, 0) is 6.18 Å². The van der Waals surface area contributed by atoms with E-state index < -0.39 is 11.7 Å². The van der Waals surface area contributed by atoms with Crippen molar-refractivity contribution in [2.45, 2.75) is 25.6 Å². The van der Waals surface area contributed by atoms with Crippen LogP contribution in [0.4, 0.5) is 18.9 Å². The van der Waals surface area contributed by atoms with Crippen LogP contribution in [0.2, 0.25) is 0 Å². The number of halogens is 3. The molecule has 0 spiro atoms. The molecule has 0 saturated carbocycles. The highest BCUT2D eigenvalue weighted by molar-refractivity contribution is 5.50. The van der Waals surface area contributed by atoms with Gasteiger partial charge < -0.3 is 10.6 Å². The number of piperidine rings is 1. The van der Waals surface area contributed by atoms with Gasteiger partial charge >= 0.3 is 6.18 Å². The number of alkyl halides is 3. The lowest BCUT2D eigenvalue weighted by atomic mass is 9.96. The van der Waals surface area contributed by atoms with Gasteiger partial charge in [-0.05, 0) is 30.5 Å². The van der Waals surface area contributed by atoms with E-state index in [-0.39, 0.29) is 6.04 Å². The summed E-state index contributed by atoms with van der Waals surface area (Å²) < 4.78 is 37.9. The Morgan fingerprint density at radius 1 is 1.28 bits per heavy atom. The molecule has 100 valence electrons. The molecule has 1 aromatic carbocycles. The van der Waals surface area contributed by atoms with Crippen molar-refractivity contribution in [1.82, 2.24) is 0 Å². The summed E-state index contributed by atoms with van der Waals surface area (Å²) in [6, 6.07) is 5.48. The third-order valence-electron chi connectivity index (χ3n) is 3.23. The van der Waals surface area contributed by atoms with Crippen molar-refractivity contribution < 1.29 is 13.2 Å². The second-order valence-corrected chi connectivity index (χ2v) is 5.05. The highest BCUT2D eigenvalue weighted by Crippen LogP contribution is 2.32. The molecule has 2 atom stereocenters. The number of benzene rings is 1. The maximum atomic E-state index is 12.6. The molecule has 2 rings (SSSR count). The molecule has 18 heavy (non-hydrogen) atoms. The Hall–Kier alpha value is -1.23. The van der Waals surface area contributed by atoms with E-state index in [1.54, 1.807) is 6.07 Å². The number of nitrogens with two attached hydrogens (primary N) is 1. The van der Waals surface area contributed by atoms with Gasteiger partial charge in [-0.3, -0.25) is 0 Å². The molecule has 0 aromatic heterocycles. The summed E-state index contributed by atoms with van der Waals surface area (Å²) in [5.74, 6) is 0.406. The van der Waals surface area contributed by atoms with Crippen molar-refractivity contribution in [3.05, 3.63) is 29.8 Å². The van der Waals surface area contributed by atoms with Gasteiger partial charge in [0.1, 0.15) is 0 Å². The number of hydrogen-bond donors (Lipinski definition) is 1. The molecule has 1 aromatic rings. The van der Waals surface area contributed by atoms with Gasteiger partial charge in [0.15, 0.2) is 0 Å². The highest BCUT2D eigenvalue weighted by atomic mass is 19.4. The molecule has 0 aliphatic carbocycles. The molecule has 5 heteroatoms. The Bertz CT molecular complexity index is 407. The standard InChI is InChI=1S/C13H17F3N2/c1-9-5-11(17)8-18(7-9)12-4-2-3-10(6-12)13(14,15)16/h2-4,6,9,11H,5,7-8,17H2,1H3. The second-order valence-electron chi connectivity index (χ2n) is 5.05. The Kier molecular flexibility index (Phi) is 3.52. The zero-order valence-electron chi connectivity index (χ0n) is 10.2. The van der Waals surface area contributed by atoms with E-state index in [1.165, 1.54) is 12.1 Å². The summed E-state index contributed by atoms with van der Waals surface area (Å²) in [6.07, 6.45) is -3.37. The average molecular weight is 258 g/mol. The normalized spacial score (nSPS) is 25.3. The lowest BCUT2D eigenvalue weighted by molar-refractivity contribution is -0.137. The van der Waals surface area contributed by atoms with Crippen LogP contribution in [0.5, 0.6) is 0 Å². The van der Waals surface area contributed by atoms with E-state index in [9.17, 15) is 13.2 Å². The largest absolute Gasteiger partial charge is 0.416 e. The van der Waals surface area contributed by atoms with E-state index in [0.29, 0.717) is 18.2 Å². The van der Waals surface area contributed by atoms with Gasteiger partial charge in [0.2, 0.25) is 0 Å². The van der Waals surface area contributed by atoms with Gasteiger partial charge in [0, 0.05) is 24.8 Å². The van der Waals surface area contributed by atoms with Gasteiger partial charge in [-0.15, -0.1) is 0 Å². The zero-order valence-corrected chi connectivity index (χ0v) is 10.2. The quantitative estimate of drug-likeness (QED) is 0.839. The van der Waals surface area contributed by atoms with Crippen LogP contribution in [0.3, 0.4) is 0 Å². The van der Waals surface area contributed by atoms with E-state index in [1.807, 2.05) is 4.90 Å². The van der Waals surface area contributed by atoms with Crippen LogP contribution >= 0.6 is 0 Å². The van der Waals surface area contributed by atoms with Crippen molar-refractivity contribution in [1.29, 1.82) is 0 Å². The summed E-state index contributed by atoms with van der Waals surface area (Å²) in [5.41, 5.74) is 5.91. The molecule has 0 bridgehead atoms. The predicted molar refractivity (Wildman–Crippen MR) is 65.4 cm³/mol. The Balaban J connectivity index is 2.23. The van der Waals surface area contributed by atoms with Crippen molar-refractivity contribution in [3.63, 3.8) is 0 Å². The molecule has 1 heterocycles. The minimum absolute atomic E-state index is 0.0308. The Labute approximate surface area is 105 Å². The molecule has 2 nitrogen and oxygen atoms in total. The summed E-state index contributed by atoms with van der Waals surface area (Å²) >= 11 is 0. The summed E-state index contributed by atoms with van der Waals surface area (Å²) in [5, 5.41) is 0. The predicted octanol–water partition coefficient (Wildman–Crippen LogP) is 2.88. The van der Waals surface area contributed by atoms with E-state index in [4.69, 9.17) is 5.73 Å². The van der Waals surface area contributed by atoms with Crippen molar-refractivity contribution in [3.8, 4) is 0 Å². The van der Waals surface area contributed by atoms with E-state index >= 15 is 0 Å². The Morgan fingerprint density at radius 3 is 2.61 bits per heavy atom. The first-order valence-corrected chi connectivity index (χ1v) is 6.04. The monoisotopic (exact) mass is 258 g/mol.